The average molecular weight is 332 g/mol. The summed E-state index contributed by atoms with van der Waals surface area (Å²) in [7, 11) is 0. The van der Waals surface area contributed by atoms with E-state index < -0.39 is 12.1 Å². The molecule has 3 rings (SSSR count). The van der Waals surface area contributed by atoms with Gasteiger partial charge < -0.3 is 19.9 Å². The number of nitrogens with one attached hydrogen (secondary N) is 1. The van der Waals surface area contributed by atoms with Gasteiger partial charge in [-0.3, -0.25) is 0 Å². The maximum Gasteiger partial charge on any atom is 0.407 e. The molecule has 1 fully saturated rings. The van der Waals surface area contributed by atoms with Gasteiger partial charge in [-0.2, -0.15) is 0 Å². The van der Waals surface area contributed by atoms with Crippen molar-refractivity contribution in [3.05, 3.63) is 47.8 Å². The van der Waals surface area contributed by atoms with Crippen LogP contribution in [0.1, 0.15) is 22.1 Å². The van der Waals surface area contributed by atoms with Crippen molar-refractivity contribution in [1.29, 1.82) is 0 Å². The molecule has 2 aromatic rings. The Kier molecular flexibility index (Phi) is 4.71. The summed E-state index contributed by atoms with van der Waals surface area (Å²) in [5, 5.41) is 19.0. The Bertz CT molecular complexity index is 718. The van der Waals surface area contributed by atoms with E-state index in [1.54, 1.807) is 0 Å². The number of carboxylic acids is 1. The molecule has 1 aromatic carbocycles. The molecule has 0 unspecified atom stereocenters. The van der Waals surface area contributed by atoms with Gasteiger partial charge in [0, 0.05) is 0 Å². The molecule has 0 spiro atoms. The van der Waals surface area contributed by atoms with E-state index in [0.29, 0.717) is 6.61 Å². The van der Waals surface area contributed by atoms with Gasteiger partial charge in [0.2, 0.25) is 0 Å². The van der Waals surface area contributed by atoms with Crippen LogP contribution in [-0.4, -0.2) is 51.4 Å². The minimum Gasteiger partial charge on any atom is -0.476 e. The Labute approximate surface area is 137 Å². The van der Waals surface area contributed by atoms with E-state index >= 15 is 0 Å². The number of alkyl carbamates (subject to hydrolysis) is 1. The fourth-order valence-corrected chi connectivity index (χ4v) is 2.39. The number of rotatable bonds is 5. The minimum atomic E-state index is -1.16. The molecule has 126 valence electrons. The molecule has 1 saturated heterocycles. The fourth-order valence-electron chi connectivity index (χ4n) is 2.39. The van der Waals surface area contributed by atoms with Crippen molar-refractivity contribution in [2.24, 2.45) is 0 Å². The molecule has 2 atom stereocenters. The van der Waals surface area contributed by atoms with Crippen molar-refractivity contribution < 1.29 is 24.2 Å². The summed E-state index contributed by atoms with van der Waals surface area (Å²) in [6.07, 6.45) is 0.740. The van der Waals surface area contributed by atoms with Gasteiger partial charge in [-0.25, -0.2) is 14.3 Å². The minimum absolute atomic E-state index is 0.160. The third-order valence-corrected chi connectivity index (χ3v) is 3.64. The summed E-state index contributed by atoms with van der Waals surface area (Å²) in [6.45, 7) is 0.747. The van der Waals surface area contributed by atoms with E-state index in [4.69, 9.17) is 14.6 Å². The van der Waals surface area contributed by atoms with Gasteiger partial charge in [-0.1, -0.05) is 35.5 Å². The fraction of sp³-hybridized carbons (Fsp3) is 0.333. The molecule has 2 heterocycles. The zero-order chi connectivity index (χ0) is 16.9. The number of carboxylic acid groups (broad SMARTS) is 1. The molecule has 0 bridgehead atoms. The predicted octanol–water partition coefficient (Wildman–Crippen LogP) is 0.843. The predicted molar refractivity (Wildman–Crippen MR) is 80.4 cm³/mol. The van der Waals surface area contributed by atoms with Crippen LogP contribution in [-0.2, 0) is 16.1 Å². The Hall–Kier alpha value is -2.94. The highest BCUT2D eigenvalue weighted by Gasteiger charge is 2.33. The molecule has 1 aliphatic heterocycles. The second kappa shape index (κ2) is 7.09. The quantitative estimate of drug-likeness (QED) is 0.833. The second-order valence-corrected chi connectivity index (χ2v) is 5.31. The van der Waals surface area contributed by atoms with Crippen molar-refractivity contribution in [3.63, 3.8) is 0 Å². The molecule has 2 N–H and O–H groups in total. The highest BCUT2D eigenvalue weighted by molar-refractivity contribution is 5.84. The van der Waals surface area contributed by atoms with Crippen LogP contribution in [0.2, 0.25) is 0 Å². The maximum atomic E-state index is 11.9. The van der Waals surface area contributed by atoms with E-state index in [1.165, 1.54) is 10.9 Å². The Morgan fingerprint density at radius 2 is 2.12 bits per heavy atom. The van der Waals surface area contributed by atoms with Crippen molar-refractivity contribution in [2.45, 2.75) is 18.7 Å². The van der Waals surface area contributed by atoms with Crippen molar-refractivity contribution in [2.75, 3.05) is 13.2 Å². The number of hydrogen-bond donors (Lipinski definition) is 2. The standard InChI is InChI=1S/C15H16N4O5/c20-14(21)11-6-19(18-17-11)13-9-23-8-12(13)16-15(22)24-7-10-4-2-1-3-5-10/h1-6,12-13H,7-9H2,(H,16,22)(H,20,21)/t12-,13+/m1/s1. The monoisotopic (exact) mass is 332 g/mol. The second-order valence-electron chi connectivity index (χ2n) is 5.31. The normalized spacial score (nSPS) is 19.8. The first-order chi connectivity index (χ1) is 11.6. The van der Waals surface area contributed by atoms with Gasteiger partial charge in [-0.05, 0) is 5.56 Å². The molecular weight excluding hydrogens is 316 g/mol. The van der Waals surface area contributed by atoms with Crippen LogP contribution in [0.25, 0.3) is 0 Å². The number of carbonyl (C=O) groups is 2. The molecule has 1 amide bonds. The SMILES string of the molecule is O=C(N[C@@H]1COC[C@@H]1n1cc(C(=O)O)nn1)OCc1ccccc1. The summed E-state index contributed by atoms with van der Waals surface area (Å²) in [4.78, 5) is 22.8. The molecule has 0 radical (unpaired) electrons. The van der Waals surface area contributed by atoms with E-state index in [0.717, 1.165) is 5.56 Å². The number of aromatic carboxylic acids is 1. The average Bonchev–Trinajstić information content (AvgIpc) is 3.22. The Morgan fingerprint density at radius 1 is 1.33 bits per heavy atom. The Balaban J connectivity index is 1.57. The summed E-state index contributed by atoms with van der Waals surface area (Å²) >= 11 is 0. The van der Waals surface area contributed by atoms with Gasteiger partial charge in [0.15, 0.2) is 5.69 Å². The lowest BCUT2D eigenvalue weighted by molar-refractivity contribution is 0.0690. The first kappa shape index (κ1) is 15.9. The van der Waals surface area contributed by atoms with Gasteiger partial charge in [0.1, 0.15) is 6.61 Å². The third-order valence-electron chi connectivity index (χ3n) is 3.64. The first-order valence-corrected chi connectivity index (χ1v) is 7.33. The molecule has 1 aromatic heterocycles. The molecule has 9 heteroatoms. The van der Waals surface area contributed by atoms with Crippen LogP contribution < -0.4 is 5.32 Å². The van der Waals surface area contributed by atoms with Gasteiger partial charge in [0.05, 0.1) is 31.5 Å². The van der Waals surface area contributed by atoms with Crippen molar-refractivity contribution in [3.8, 4) is 0 Å². The summed E-state index contributed by atoms with van der Waals surface area (Å²) < 4.78 is 11.9. The van der Waals surface area contributed by atoms with E-state index in [9.17, 15) is 9.59 Å². The zero-order valence-corrected chi connectivity index (χ0v) is 12.7. The largest absolute Gasteiger partial charge is 0.476 e. The van der Waals surface area contributed by atoms with Crippen LogP contribution in [0.4, 0.5) is 4.79 Å². The highest BCUT2D eigenvalue weighted by Crippen LogP contribution is 2.19. The number of ether oxygens (including phenoxy) is 2. The summed E-state index contributed by atoms with van der Waals surface area (Å²) in [5.41, 5.74) is 0.724. The number of amides is 1. The maximum absolute atomic E-state index is 11.9. The molecule has 0 saturated carbocycles. The number of nitrogens with zero attached hydrogens (tertiary/aromatic N) is 3. The molecular formula is C15H16N4O5. The first-order valence-electron chi connectivity index (χ1n) is 7.33. The summed E-state index contributed by atoms with van der Waals surface area (Å²) in [6, 6.07) is 8.61. The van der Waals surface area contributed by atoms with Crippen molar-refractivity contribution >= 4 is 12.1 Å². The number of carbonyl (C=O) groups excluding carboxylic acids is 1. The zero-order valence-electron chi connectivity index (χ0n) is 12.7. The van der Waals surface area contributed by atoms with E-state index in [-0.39, 0.29) is 31.0 Å². The number of hydrogen-bond acceptors (Lipinski definition) is 6. The lowest BCUT2D eigenvalue weighted by Crippen LogP contribution is -2.41. The van der Waals surface area contributed by atoms with Crippen LogP contribution in [0, 0.1) is 0 Å². The van der Waals surface area contributed by atoms with Crippen LogP contribution in [0.15, 0.2) is 36.5 Å². The van der Waals surface area contributed by atoms with Crippen LogP contribution >= 0.6 is 0 Å². The number of benzene rings is 1. The van der Waals surface area contributed by atoms with Gasteiger partial charge >= 0.3 is 12.1 Å². The topological polar surface area (TPSA) is 116 Å². The lowest BCUT2D eigenvalue weighted by Gasteiger charge is -2.18. The number of aromatic nitrogens is 3. The Morgan fingerprint density at radius 3 is 2.83 bits per heavy atom. The molecule has 0 aliphatic carbocycles. The van der Waals surface area contributed by atoms with Crippen LogP contribution in [0.3, 0.4) is 0 Å². The van der Waals surface area contributed by atoms with Crippen molar-refractivity contribution in [1.82, 2.24) is 20.3 Å². The third kappa shape index (κ3) is 3.69. The highest BCUT2D eigenvalue weighted by atomic mass is 16.5. The van der Waals surface area contributed by atoms with Crippen LogP contribution in [0.5, 0.6) is 0 Å². The smallest absolute Gasteiger partial charge is 0.407 e. The molecule has 9 nitrogen and oxygen atoms in total. The summed E-state index contributed by atoms with van der Waals surface area (Å²) in [5.74, 6) is -1.16. The van der Waals surface area contributed by atoms with Gasteiger partial charge in [0.25, 0.3) is 0 Å². The lowest BCUT2D eigenvalue weighted by atomic mass is 10.2. The van der Waals surface area contributed by atoms with E-state index in [1.807, 2.05) is 30.3 Å². The van der Waals surface area contributed by atoms with Gasteiger partial charge in [-0.15, -0.1) is 5.10 Å². The molecule has 1 aliphatic rings. The van der Waals surface area contributed by atoms with E-state index in [2.05, 4.69) is 15.6 Å². The molecule has 24 heavy (non-hydrogen) atoms.